The van der Waals surface area contributed by atoms with E-state index in [0.29, 0.717) is 6.42 Å². The zero-order valence-corrected chi connectivity index (χ0v) is 12.3. The van der Waals surface area contributed by atoms with Crippen LogP contribution in [0.25, 0.3) is 0 Å². The van der Waals surface area contributed by atoms with Crippen LogP contribution in [-0.4, -0.2) is 26.5 Å². The molecule has 102 valence electrons. The second kappa shape index (κ2) is 6.90. The lowest BCUT2D eigenvalue weighted by Crippen LogP contribution is -2.22. The molecule has 4 heteroatoms. The third-order valence-electron chi connectivity index (χ3n) is 3.10. The Bertz CT molecular complexity index is 451. The number of rotatable bonds is 7. The number of aryl methyl sites for hydroxylation is 1. The zero-order chi connectivity index (χ0) is 13.6. The van der Waals surface area contributed by atoms with Gasteiger partial charge < -0.3 is 5.32 Å². The van der Waals surface area contributed by atoms with E-state index < -0.39 is 9.84 Å². The second-order valence-corrected chi connectivity index (χ2v) is 7.15. The third-order valence-corrected chi connectivity index (χ3v) is 4.89. The molecule has 0 aliphatic rings. The van der Waals surface area contributed by atoms with E-state index in [1.165, 1.54) is 11.1 Å². The van der Waals surface area contributed by atoms with Gasteiger partial charge in [-0.1, -0.05) is 36.8 Å². The zero-order valence-electron chi connectivity index (χ0n) is 11.4. The van der Waals surface area contributed by atoms with Crippen LogP contribution in [0.15, 0.2) is 24.3 Å². The Morgan fingerprint density at radius 3 is 2.39 bits per heavy atom. The van der Waals surface area contributed by atoms with Crippen LogP contribution >= 0.6 is 0 Å². The largest absolute Gasteiger partial charge is 0.310 e. The second-order valence-electron chi connectivity index (χ2n) is 4.68. The number of hydrogen-bond acceptors (Lipinski definition) is 3. The molecule has 0 fully saturated rings. The lowest BCUT2D eigenvalue weighted by atomic mass is 10.1. The standard InChI is InChI=1S/C14H23NO2S/c1-4-18(16,17)11-5-10-15-13(3)14-8-6-12(2)7-9-14/h6-9,13,15H,4-5,10-11H2,1-3H3/t13-/m1/s1. The molecule has 0 aliphatic carbocycles. The van der Waals surface area contributed by atoms with Crippen LogP contribution in [0.2, 0.25) is 0 Å². The van der Waals surface area contributed by atoms with Gasteiger partial charge >= 0.3 is 0 Å². The van der Waals surface area contributed by atoms with Crippen LogP contribution in [0.3, 0.4) is 0 Å². The van der Waals surface area contributed by atoms with E-state index in [1.807, 2.05) is 0 Å². The fourth-order valence-corrected chi connectivity index (χ4v) is 2.60. The highest BCUT2D eigenvalue weighted by atomic mass is 32.2. The Balaban J connectivity index is 2.34. The van der Waals surface area contributed by atoms with Gasteiger partial charge in [0.1, 0.15) is 9.84 Å². The molecule has 0 spiro atoms. The predicted molar refractivity (Wildman–Crippen MR) is 76.5 cm³/mol. The lowest BCUT2D eigenvalue weighted by Gasteiger charge is -2.14. The van der Waals surface area contributed by atoms with Crippen LogP contribution in [0.4, 0.5) is 0 Å². The van der Waals surface area contributed by atoms with Crippen molar-refractivity contribution >= 4 is 9.84 Å². The average Bonchev–Trinajstić information content (AvgIpc) is 2.35. The molecular weight excluding hydrogens is 246 g/mol. The fraction of sp³-hybridized carbons (Fsp3) is 0.571. The van der Waals surface area contributed by atoms with Gasteiger partial charge in [0.15, 0.2) is 0 Å². The summed E-state index contributed by atoms with van der Waals surface area (Å²) in [5.41, 5.74) is 2.49. The van der Waals surface area contributed by atoms with E-state index in [9.17, 15) is 8.42 Å². The minimum atomic E-state index is -2.83. The first-order valence-corrected chi connectivity index (χ1v) is 8.27. The van der Waals surface area contributed by atoms with Crippen molar-refractivity contribution < 1.29 is 8.42 Å². The Hall–Kier alpha value is -0.870. The van der Waals surface area contributed by atoms with Gasteiger partial charge in [-0.05, 0) is 32.4 Å². The van der Waals surface area contributed by atoms with Crippen molar-refractivity contribution in [2.45, 2.75) is 33.2 Å². The van der Waals surface area contributed by atoms with E-state index in [-0.39, 0.29) is 17.5 Å². The molecule has 0 heterocycles. The minimum absolute atomic E-state index is 0.237. The molecule has 18 heavy (non-hydrogen) atoms. The van der Waals surface area contributed by atoms with E-state index >= 15 is 0 Å². The number of benzene rings is 1. The van der Waals surface area contributed by atoms with Crippen molar-refractivity contribution in [3.05, 3.63) is 35.4 Å². The summed E-state index contributed by atoms with van der Waals surface area (Å²) < 4.78 is 22.6. The molecule has 1 atom stereocenters. The van der Waals surface area contributed by atoms with Gasteiger partial charge in [-0.15, -0.1) is 0 Å². The highest BCUT2D eigenvalue weighted by Gasteiger charge is 2.08. The van der Waals surface area contributed by atoms with Crippen molar-refractivity contribution in [3.8, 4) is 0 Å². The molecule has 0 saturated carbocycles. The first kappa shape index (κ1) is 15.2. The summed E-state index contributed by atoms with van der Waals surface area (Å²) in [5.74, 6) is 0.512. The maximum atomic E-state index is 11.3. The summed E-state index contributed by atoms with van der Waals surface area (Å²) in [5, 5.41) is 3.35. The summed E-state index contributed by atoms with van der Waals surface area (Å²) in [6, 6.07) is 8.66. The van der Waals surface area contributed by atoms with Gasteiger partial charge in [0.05, 0.1) is 5.75 Å². The Kier molecular flexibility index (Phi) is 5.82. The number of hydrogen-bond donors (Lipinski definition) is 1. The topological polar surface area (TPSA) is 46.2 Å². The molecule has 3 nitrogen and oxygen atoms in total. The molecule has 0 radical (unpaired) electrons. The van der Waals surface area contributed by atoms with Gasteiger partial charge in [0.25, 0.3) is 0 Å². The van der Waals surface area contributed by atoms with E-state index in [4.69, 9.17) is 0 Å². The van der Waals surface area contributed by atoms with Crippen molar-refractivity contribution in [2.24, 2.45) is 0 Å². The van der Waals surface area contributed by atoms with Gasteiger partial charge in [0.2, 0.25) is 0 Å². The normalized spacial score (nSPS) is 13.5. The van der Waals surface area contributed by atoms with Gasteiger partial charge in [0, 0.05) is 11.8 Å². The Morgan fingerprint density at radius 2 is 1.83 bits per heavy atom. The summed E-state index contributed by atoms with van der Waals surface area (Å²) in [6.45, 7) is 6.59. The first-order valence-electron chi connectivity index (χ1n) is 6.45. The molecule has 0 aromatic heterocycles. The van der Waals surface area contributed by atoms with Gasteiger partial charge in [-0.25, -0.2) is 8.42 Å². The molecule has 1 N–H and O–H groups in total. The van der Waals surface area contributed by atoms with Crippen molar-refractivity contribution in [1.29, 1.82) is 0 Å². The van der Waals surface area contributed by atoms with Crippen LogP contribution in [0.5, 0.6) is 0 Å². The van der Waals surface area contributed by atoms with Crippen molar-refractivity contribution in [2.75, 3.05) is 18.1 Å². The van der Waals surface area contributed by atoms with Crippen molar-refractivity contribution in [1.82, 2.24) is 5.32 Å². The third kappa shape index (κ3) is 5.19. The van der Waals surface area contributed by atoms with E-state index in [0.717, 1.165) is 6.54 Å². The van der Waals surface area contributed by atoms with Crippen LogP contribution in [-0.2, 0) is 9.84 Å². The van der Waals surface area contributed by atoms with E-state index in [1.54, 1.807) is 6.92 Å². The van der Waals surface area contributed by atoms with Crippen molar-refractivity contribution in [3.63, 3.8) is 0 Å². The minimum Gasteiger partial charge on any atom is -0.310 e. The maximum Gasteiger partial charge on any atom is 0.150 e. The Morgan fingerprint density at radius 1 is 1.22 bits per heavy atom. The van der Waals surface area contributed by atoms with Gasteiger partial charge in [-0.2, -0.15) is 0 Å². The molecule has 0 bridgehead atoms. The summed E-state index contributed by atoms with van der Waals surface area (Å²) in [6.07, 6.45) is 0.673. The molecule has 1 rings (SSSR count). The quantitative estimate of drug-likeness (QED) is 0.774. The molecule has 0 unspecified atom stereocenters. The van der Waals surface area contributed by atoms with Gasteiger partial charge in [-0.3, -0.25) is 0 Å². The molecule has 1 aromatic rings. The molecule has 1 aromatic carbocycles. The molecule has 0 amide bonds. The smallest absolute Gasteiger partial charge is 0.150 e. The number of nitrogens with one attached hydrogen (secondary N) is 1. The van der Waals surface area contributed by atoms with E-state index in [2.05, 4.69) is 43.4 Å². The molecule has 0 aliphatic heterocycles. The summed E-state index contributed by atoms with van der Waals surface area (Å²) in [7, 11) is -2.83. The summed E-state index contributed by atoms with van der Waals surface area (Å²) in [4.78, 5) is 0. The van der Waals surface area contributed by atoms with Crippen LogP contribution in [0, 0.1) is 6.92 Å². The van der Waals surface area contributed by atoms with Crippen LogP contribution in [0.1, 0.15) is 37.4 Å². The molecular formula is C14H23NO2S. The molecule has 0 saturated heterocycles. The highest BCUT2D eigenvalue weighted by molar-refractivity contribution is 7.91. The number of sulfone groups is 1. The SMILES string of the molecule is CCS(=O)(=O)CCCN[C@H](C)c1ccc(C)cc1. The predicted octanol–water partition coefficient (Wildman–Crippen LogP) is 2.47. The maximum absolute atomic E-state index is 11.3. The average molecular weight is 269 g/mol. The summed E-state index contributed by atoms with van der Waals surface area (Å²) >= 11 is 0. The van der Waals surface area contributed by atoms with Crippen LogP contribution < -0.4 is 5.32 Å². The lowest BCUT2D eigenvalue weighted by molar-refractivity contribution is 0.560. The first-order chi connectivity index (χ1) is 8.44. The Labute approximate surface area is 111 Å². The highest BCUT2D eigenvalue weighted by Crippen LogP contribution is 2.12. The fourth-order valence-electron chi connectivity index (χ4n) is 1.73. The monoisotopic (exact) mass is 269 g/mol.